The van der Waals surface area contributed by atoms with E-state index < -0.39 is 5.97 Å². The number of thioether (sulfide) groups is 1. The SMILES string of the molecule is CCOC(=O)c1c(C)oc2nc(CS[C@H]3CCCc4ccccc43)nc(N)c12. The lowest BCUT2D eigenvalue weighted by atomic mass is 9.91. The lowest BCUT2D eigenvalue weighted by molar-refractivity contribution is 0.0526. The van der Waals surface area contributed by atoms with Crippen molar-refractivity contribution in [3.63, 3.8) is 0 Å². The third-order valence-electron chi connectivity index (χ3n) is 5.01. The van der Waals surface area contributed by atoms with Crippen LogP contribution in [0.3, 0.4) is 0 Å². The number of aromatic nitrogens is 2. The summed E-state index contributed by atoms with van der Waals surface area (Å²) in [6.45, 7) is 3.75. The number of nitrogens with two attached hydrogens (primary N) is 1. The number of nitrogens with zero attached hydrogens (tertiary/aromatic N) is 2. The molecule has 1 aliphatic carbocycles. The summed E-state index contributed by atoms with van der Waals surface area (Å²) in [5.74, 6) is 1.48. The molecule has 1 aromatic carbocycles. The predicted octanol–water partition coefficient (Wildman–Crippen LogP) is 4.60. The van der Waals surface area contributed by atoms with Crippen molar-refractivity contribution in [2.45, 2.75) is 44.1 Å². The number of rotatable bonds is 5. The molecule has 4 rings (SSSR count). The molecule has 3 aromatic rings. The van der Waals surface area contributed by atoms with Gasteiger partial charge < -0.3 is 14.9 Å². The van der Waals surface area contributed by atoms with Crippen LogP contribution in [0.1, 0.15) is 58.1 Å². The molecule has 0 saturated heterocycles. The number of aryl methyl sites for hydroxylation is 2. The average Bonchev–Trinajstić information content (AvgIpc) is 3.03. The highest BCUT2D eigenvalue weighted by Gasteiger charge is 2.25. The topological polar surface area (TPSA) is 91.2 Å². The van der Waals surface area contributed by atoms with Crippen LogP contribution < -0.4 is 5.73 Å². The second-order valence-electron chi connectivity index (χ2n) is 6.85. The van der Waals surface area contributed by atoms with E-state index in [-0.39, 0.29) is 12.4 Å². The van der Waals surface area contributed by atoms with Crippen LogP contribution in [0.15, 0.2) is 28.7 Å². The number of furan rings is 1. The standard InChI is InChI=1S/C21H23N3O3S/c1-3-26-21(25)17-12(2)27-20-18(17)19(22)23-16(24-20)11-28-15-10-6-8-13-7-4-5-9-14(13)15/h4-5,7,9,15H,3,6,8,10-11H2,1-2H3,(H2,22,23,24)/t15-/m0/s1. The van der Waals surface area contributed by atoms with E-state index in [9.17, 15) is 4.79 Å². The number of anilines is 1. The van der Waals surface area contributed by atoms with Crippen LogP contribution in [0.5, 0.6) is 0 Å². The summed E-state index contributed by atoms with van der Waals surface area (Å²) in [6, 6.07) is 8.63. The summed E-state index contributed by atoms with van der Waals surface area (Å²) in [4.78, 5) is 21.2. The molecule has 0 radical (unpaired) electrons. The molecule has 0 amide bonds. The van der Waals surface area contributed by atoms with Gasteiger partial charge in [0.05, 0.1) is 17.7 Å². The van der Waals surface area contributed by atoms with Gasteiger partial charge in [-0.05, 0) is 44.2 Å². The summed E-state index contributed by atoms with van der Waals surface area (Å²) in [6.07, 6.45) is 3.48. The maximum atomic E-state index is 12.2. The number of hydrogen-bond donors (Lipinski definition) is 1. The molecule has 0 bridgehead atoms. The van der Waals surface area contributed by atoms with Gasteiger partial charge in [-0.1, -0.05) is 24.3 Å². The first-order chi connectivity index (χ1) is 13.6. The Morgan fingerprint density at radius 2 is 2.18 bits per heavy atom. The molecule has 2 aromatic heterocycles. The Hall–Kier alpha value is -2.54. The zero-order chi connectivity index (χ0) is 19.7. The average molecular weight is 398 g/mol. The number of esters is 1. The molecule has 6 nitrogen and oxygen atoms in total. The molecule has 0 fully saturated rings. The van der Waals surface area contributed by atoms with Crippen LogP contribution in [-0.2, 0) is 16.9 Å². The highest BCUT2D eigenvalue weighted by molar-refractivity contribution is 7.98. The minimum absolute atomic E-state index is 0.254. The summed E-state index contributed by atoms with van der Waals surface area (Å²) in [7, 11) is 0. The molecule has 0 unspecified atom stereocenters. The van der Waals surface area contributed by atoms with Gasteiger partial charge in [-0.25, -0.2) is 9.78 Å². The van der Waals surface area contributed by atoms with Crippen molar-refractivity contribution in [3.05, 3.63) is 52.5 Å². The zero-order valence-electron chi connectivity index (χ0n) is 16.0. The minimum Gasteiger partial charge on any atom is -0.462 e. The van der Waals surface area contributed by atoms with Crippen molar-refractivity contribution in [2.75, 3.05) is 12.3 Å². The molecule has 1 aliphatic rings. The van der Waals surface area contributed by atoms with E-state index >= 15 is 0 Å². The first kappa shape index (κ1) is 18.8. The fraction of sp³-hybridized carbons (Fsp3) is 0.381. The van der Waals surface area contributed by atoms with Gasteiger partial charge in [-0.3, -0.25) is 0 Å². The quantitative estimate of drug-likeness (QED) is 0.629. The largest absolute Gasteiger partial charge is 0.462 e. The van der Waals surface area contributed by atoms with Crippen LogP contribution in [-0.4, -0.2) is 22.5 Å². The monoisotopic (exact) mass is 397 g/mol. The minimum atomic E-state index is -0.463. The van der Waals surface area contributed by atoms with Crippen LogP contribution >= 0.6 is 11.8 Å². The van der Waals surface area contributed by atoms with Crippen LogP contribution in [0, 0.1) is 6.92 Å². The van der Waals surface area contributed by atoms with E-state index in [1.54, 1.807) is 13.8 Å². The Kier molecular flexibility index (Phi) is 5.26. The van der Waals surface area contributed by atoms with Gasteiger partial charge in [0.25, 0.3) is 0 Å². The fourth-order valence-corrected chi connectivity index (χ4v) is 4.98. The molecule has 28 heavy (non-hydrogen) atoms. The van der Waals surface area contributed by atoms with Crippen molar-refractivity contribution in [1.29, 1.82) is 0 Å². The normalized spacial score (nSPS) is 16.1. The van der Waals surface area contributed by atoms with Gasteiger partial charge in [0.15, 0.2) is 0 Å². The number of carbonyl (C=O) groups excluding carboxylic acids is 1. The highest BCUT2D eigenvalue weighted by atomic mass is 32.2. The fourth-order valence-electron chi connectivity index (χ4n) is 3.75. The number of hydrogen-bond acceptors (Lipinski definition) is 7. The number of carbonyl (C=O) groups is 1. The molecule has 2 heterocycles. The van der Waals surface area contributed by atoms with E-state index in [4.69, 9.17) is 14.9 Å². The maximum Gasteiger partial charge on any atom is 0.342 e. The highest BCUT2D eigenvalue weighted by Crippen LogP contribution is 2.41. The van der Waals surface area contributed by atoms with Crippen molar-refractivity contribution < 1.29 is 13.9 Å². The van der Waals surface area contributed by atoms with E-state index in [0.717, 1.165) is 12.8 Å². The van der Waals surface area contributed by atoms with Gasteiger partial charge >= 0.3 is 5.97 Å². The molecule has 0 saturated carbocycles. The van der Waals surface area contributed by atoms with Gasteiger partial charge in [0.1, 0.15) is 23.0 Å². The van der Waals surface area contributed by atoms with Crippen molar-refractivity contribution in [3.8, 4) is 0 Å². The third-order valence-corrected chi connectivity index (χ3v) is 6.33. The Labute approximate surface area is 167 Å². The predicted molar refractivity (Wildman–Crippen MR) is 110 cm³/mol. The Bertz CT molecular complexity index is 1030. The van der Waals surface area contributed by atoms with Crippen LogP contribution in [0.4, 0.5) is 5.82 Å². The van der Waals surface area contributed by atoms with E-state index in [2.05, 4.69) is 34.2 Å². The first-order valence-electron chi connectivity index (χ1n) is 9.50. The van der Waals surface area contributed by atoms with E-state index in [0.29, 0.717) is 39.3 Å². The summed E-state index contributed by atoms with van der Waals surface area (Å²) in [5.41, 5.74) is 9.66. The zero-order valence-corrected chi connectivity index (χ0v) is 16.8. The Morgan fingerprint density at radius 1 is 1.36 bits per heavy atom. The maximum absolute atomic E-state index is 12.2. The number of benzene rings is 1. The van der Waals surface area contributed by atoms with Crippen molar-refractivity contribution in [2.24, 2.45) is 0 Å². The summed E-state index contributed by atoms with van der Waals surface area (Å²) >= 11 is 1.82. The van der Waals surface area contributed by atoms with Gasteiger partial charge in [-0.15, -0.1) is 11.8 Å². The smallest absolute Gasteiger partial charge is 0.342 e. The van der Waals surface area contributed by atoms with Gasteiger partial charge in [0, 0.05) is 5.25 Å². The molecule has 2 N–H and O–H groups in total. The number of fused-ring (bicyclic) bond motifs is 2. The number of ether oxygens (including phenoxy) is 1. The lowest BCUT2D eigenvalue weighted by Crippen LogP contribution is -2.09. The first-order valence-corrected chi connectivity index (χ1v) is 10.5. The lowest BCUT2D eigenvalue weighted by Gasteiger charge is -2.24. The van der Waals surface area contributed by atoms with Crippen molar-refractivity contribution in [1.82, 2.24) is 9.97 Å². The van der Waals surface area contributed by atoms with Crippen LogP contribution in [0.2, 0.25) is 0 Å². The van der Waals surface area contributed by atoms with Gasteiger partial charge in [-0.2, -0.15) is 4.98 Å². The molecule has 0 aliphatic heterocycles. The summed E-state index contributed by atoms with van der Waals surface area (Å²) < 4.78 is 10.8. The number of nitrogen functional groups attached to an aromatic ring is 1. The third kappa shape index (κ3) is 3.46. The van der Waals surface area contributed by atoms with Crippen molar-refractivity contribution >= 4 is 34.6 Å². The second-order valence-corrected chi connectivity index (χ2v) is 8.04. The van der Waals surface area contributed by atoms with Crippen LogP contribution in [0.25, 0.3) is 11.1 Å². The Morgan fingerprint density at radius 3 is 3.00 bits per heavy atom. The summed E-state index contributed by atoms with van der Waals surface area (Å²) in [5, 5.41) is 0.867. The molecule has 0 spiro atoms. The van der Waals surface area contributed by atoms with E-state index in [1.807, 2.05) is 11.8 Å². The van der Waals surface area contributed by atoms with Gasteiger partial charge in [0.2, 0.25) is 5.71 Å². The second kappa shape index (κ2) is 7.83. The molecular weight excluding hydrogens is 374 g/mol. The molecule has 146 valence electrons. The molecule has 1 atom stereocenters. The molecular formula is C21H23N3O3S. The molecule has 7 heteroatoms. The van der Waals surface area contributed by atoms with E-state index in [1.165, 1.54) is 17.5 Å². The Balaban J connectivity index is 1.59.